The summed E-state index contributed by atoms with van der Waals surface area (Å²) in [5.41, 5.74) is -1.24. The molecule has 0 radical (unpaired) electrons. The zero-order chi connectivity index (χ0) is 108. The Kier molecular flexibility index (Phi) is 61.7. The molecule has 16 amide bonds. The third kappa shape index (κ3) is 63.2. The van der Waals surface area contributed by atoms with Crippen LogP contribution in [-0.4, -0.2) is 359 Å². The fourth-order valence-corrected chi connectivity index (χ4v) is 12.5. The molecule has 0 saturated carbocycles. The first-order valence-electron chi connectivity index (χ1n) is 45.7. The lowest BCUT2D eigenvalue weighted by Gasteiger charge is -2.24. The van der Waals surface area contributed by atoms with Gasteiger partial charge in [-0.2, -0.15) is 0 Å². The Labute approximate surface area is 821 Å². The molecule has 0 aliphatic carbocycles. The molecule has 0 spiro atoms. The summed E-state index contributed by atoms with van der Waals surface area (Å²) in [4.78, 5) is 317. The monoisotopic (exact) mass is 2040 g/mol. The Morgan fingerprint density at radius 1 is 0.322 bits per heavy atom. The number of ether oxygens (including phenoxy) is 6. The van der Waals surface area contributed by atoms with E-state index >= 15 is 0 Å². The molecule has 55 heteroatoms. The molecule has 1 rings (SSSR count). The number of benzene rings is 1. The first kappa shape index (κ1) is 127. The van der Waals surface area contributed by atoms with Crippen LogP contribution in [0.5, 0.6) is 0 Å². The molecule has 0 heterocycles. The number of hydrogen-bond acceptors (Lipinski definition) is 32. The van der Waals surface area contributed by atoms with Gasteiger partial charge in [0, 0.05) is 83.8 Å². The molecule has 0 aliphatic heterocycles. The summed E-state index contributed by atoms with van der Waals surface area (Å²) in [6.45, 7) is 7.64. The summed E-state index contributed by atoms with van der Waals surface area (Å²) in [5, 5.41) is 113. The predicted octanol–water partition coefficient (Wildman–Crippen LogP) is -5.80. The second-order valence-corrected chi connectivity index (χ2v) is 34.6. The summed E-state index contributed by atoms with van der Waals surface area (Å²) in [5.74, 6) is -25.0. The van der Waals surface area contributed by atoms with Gasteiger partial charge >= 0.3 is 53.8 Å². The van der Waals surface area contributed by atoms with Crippen molar-refractivity contribution in [2.75, 3.05) is 92.1 Å². The van der Waals surface area contributed by atoms with Gasteiger partial charge in [-0.05, 0) is 124 Å². The fraction of sp³-hybridized carbons (Fsp3) is 0.648. The van der Waals surface area contributed by atoms with Gasteiger partial charge in [0.2, 0.25) is 88.6 Å². The van der Waals surface area contributed by atoms with E-state index in [1.165, 1.54) is 0 Å². The number of nitrogens with one attached hydrogen (secondary N) is 16. The topological polar surface area (TPSA) is 836 Å². The number of hydrogen-bond donors (Lipinski definition) is 24. The van der Waals surface area contributed by atoms with Gasteiger partial charge in [-0.15, -0.1) is 0 Å². The molecule has 802 valence electrons. The Morgan fingerprint density at radius 2 is 0.685 bits per heavy atom. The number of aliphatic hydroxyl groups is 1. The van der Waals surface area contributed by atoms with Crippen molar-refractivity contribution in [2.24, 2.45) is 5.92 Å². The van der Waals surface area contributed by atoms with Gasteiger partial charge < -0.3 is 159 Å². The van der Waals surface area contributed by atoms with Crippen molar-refractivity contribution in [1.82, 2.24) is 85.1 Å². The van der Waals surface area contributed by atoms with E-state index in [-0.39, 0.29) is 104 Å². The SMILES string of the molecule is CC(C)CC(NC(=O)C(Cc1ccccc1)NC(=O)CNC(=O)OC(C)(C)C)C(=O)NCC(=O)NCCCCC(NC(=O)CCC(=O)NC(CCC(=O)NCCOCCOCC(=O)NC(CCC(=O)NC(CCC(=O)O)C(=O)O)C(=O)NC(CCC(=O)O)C(=O)O)C(=O)NCC(=O)OC(C)(C)C)C(=O)NCCOCCOCC(=O)NC(CCC(=O)NC(CCC(=O)O)C(=O)O)C(=O)NC(CCC(=O)O)C(O)C=O. The largest absolute Gasteiger partial charge is 0.481 e. The molecule has 143 heavy (non-hydrogen) atoms. The van der Waals surface area contributed by atoms with Crippen molar-refractivity contribution in [2.45, 2.75) is 268 Å². The second kappa shape index (κ2) is 69.6. The van der Waals surface area contributed by atoms with Crippen LogP contribution in [0.15, 0.2) is 30.3 Å². The van der Waals surface area contributed by atoms with Crippen LogP contribution in [0.1, 0.15) is 189 Å². The number of aliphatic hydroxyl groups excluding tert-OH is 1. The summed E-state index contributed by atoms with van der Waals surface area (Å²) in [6, 6.07) is -6.78. The van der Waals surface area contributed by atoms with E-state index < -0.39 is 356 Å². The van der Waals surface area contributed by atoms with Crippen LogP contribution in [0.4, 0.5) is 4.79 Å². The molecule has 0 aromatic heterocycles. The van der Waals surface area contributed by atoms with E-state index in [0.717, 1.165) is 0 Å². The number of aldehydes is 1. The highest BCUT2D eigenvalue weighted by atomic mass is 16.6. The summed E-state index contributed by atoms with van der Waals surface area (Å²) < 4.78 is 32.1. The predicted molar refractivity (Wildman–Crippen MR) is 491 cm³/mol. The van der Waals surface area contributed by atoms with Crippen LogP contribution in [0.25, 0.3) is 0 Å². The minimum atomic E-state index is -1.93. The van der Waals surface area contributed by atoms with Crippen LogP contribution in [0.3, 0.4) is 0 Å². The van der Waals surface area contributed by atoms with Crippen molar-refractivity contribution in [1.29, 1.82) is 0 Å². The van der Waals surface area contributed by atoms with Gasteiger partial charge in [-0.25, -0.2) is 19.2 Å². The third-order valence-corrected chi connectivity index (χ3v) is 19.4. The number of esters is 1. The smallest absolute Gasteiger partial charge is 0.408 e. The second-order valence-electron chi connectivity index (χ2n) is 34.6. The van der Waals surface area contributed by atoms with Gasteiger partial charge in [0.1, 0.15) is 98.0 Å². The van der Waals surface area contributed by atoms with Crippen molar-refractivity contribution in [3.63, 3.8) is 0 Å². The van der Waals surface area contributed by atoms with Crippen LogP contribution in [0, 0.1) is 5.92 Å². The zero-order valence-electron chi connectivity index (χ0n) is 80.9. The van der Waals surface area contributed by atoms with Crippen LogP contribution < -0.4 is 85.1 Å². The lowest BCUT2D eigenvalue weighted by atomic mass is 10.0. The molecular formula is C88H136N16O39. The lowest BCUT2D eigenvalue weighted by molar-refractivity contribution is -0.155. The van der Waals surface area contributed by atoms with Gasteiger partial charge in [0.15, 0.2) is 6.29 Å². The maximum absolute atomic E-state index is 13.9. The Balaban J connectivity index is 3.35. The van der Waals surface area contributed by atoms with Crippen molar-refractivity contribution in [3.8, 4) is 0 Å². The van der Waals surface area contributed by atoms with Gasteiger partial charge in [0.05, 0.1) is 52.2 Å². The number of rotatable bonds is 76. The number of alkyl carbamates (subject to hydrolysis) is 1. The molecule has 1 aromatic rings. The molecule has 55 nitrogen and oxygen atoms in total. The normalized spacial score (nSPS) is 13.4. The van der Waals surface area contributed by atoms with E-state index in [4.69, 9.17) is 43.7 Å². The molecule has 24 N–H and O–H groups in total. The minimum Gasteiger partial charge on any atom is -0.481 e. The number of carboxylic acid groups (broad SMARTS) is 7. The maximum atomic E-state index is 13.9. The number of carboxylic acids is 7. The van der Waals surface area contributed by atoms with Gasteiger partial charge in [0.25, 0.3) is 0 Å². The molecule has 11 atom stereocenters. The third-order valence-electron chi connectivity index (χ3n) is 19.4. The number of carbonyl (C=O) groups is 25. The highest BCUT2D eigenvalue weighted by molar-refractivity contribution is 5.97. The number of amides is 16. The maximum Gasteiger partial charge on any atom is 0.408 e. The quantitative estimate of drug-likeness (QED) is 0.0164. The van der Waals surface area contributed by atoms with E-state index in [0.29, 0.717) is 5.56 Å². The summed E-state index contributed by atoms with van der Waals surface area (Å²) in [6.07, 6.45) is -12.0. The molecule has 0 fully saturated rings. The van der Waals surface area contributed by atoms with E-state index in [1.54, 1.807) is 85.7 Å². The van der Waals surface area contributed by atoms with Gasteiger partial charge in [-0.3, -0.25) is 95.9 Å². The Bertz CT molecular complexity index is 4410. The summed E-state index contributed by atoms with van der Waals surface area (Å²) in [7, 11) is 0. The van der Waals surface area contributed by atoms with Crippen LogP contribution >= 0.6 is 0 Å². The average Bonchev–Trinajstić information content (AvgIpc) is 0.845. The van der Waals surface area contributed by atoms with Crippen molar-refractivity contribution < 1.29 is 189 Å². The lowest BCUT2D eigenvalue weighted by Crippen LogP contribution is -2.56. The number of carbonyl (C=O) groups excluding carboxylic acids is 18. The van der Waals surface area contributed by atoms with E-state index in [1.807, 2.05) is 0 Å². The standard InChI is InChI=1S/C88H136N16O39/c1-50(2)42-60(104-82(130)61(43-51-14-10-9-11-15-51)101-69(113)45-94-86(137)143-88(6,7)8)79(127)92-44-68(112)89-33-13-12-16-53(77(125)91-35-37-139-39-41-141-48-70(114)97-55(80(128)102-52(62(106)47-105)20-29-72(116)117)18-25-64(108)99-57(83(131)132)21-30-73(118)119)95-66(110)27-28-67(111)96-54(78(126)93-46-76(124)142-87(3,4)5)17-24-63(107)90-34-36-138-38-40-140-49-71(115)98-56(81(129)103-59(85(135)136)23-32-75(122)123)19-26-65(109)100-58(84(133)134)22-31-74(120)121/h9-11,14-15,47,50,52-62,106H,12-13,16-46,48-49H2,1-8H3,(H,89,112)(H,90,107)(H,91,125)(H,92,127)(H,93,126)(H,94,137)(H,95,110)(H,96,111)(H,97,114)(H,98,115)(H,99,108)(H,100,109)(H,101,113)(H,102,128)(H,103,129)(H,104,130)(H,116,117)(H,118,119)(H,120,121)(H,122,123)(H,131,132)(H,133,134)(H,135,136). The molecule has 1 aromatic carbocycles. The molecule has 0 aliphatic rings. The van der Waals surface area contributed by atoms with Crippen LogP contribution in [0.2, 0.25) is 0 Å². The number of unbranched alkanes of at least 4 members (excludes halogenated alkanes) is 1. The molecule has 11 unspecified atom stereocenters. The highest BCUT2D eigenvalue weighted by Gasteiger charge is 2.35. The highest BCUT2D eigenvalue weighted by Crippen LogP contribution is 2.15. The Morgan fingerprint density at radius 3 is 1.15 bits per heavy atom. The first-order chi connectivity index (χ1) is 67.1. The first-order valence-corrected chi connectivity index (χ1v) is 45.7. The van der Waals surface area contributed by atoms with Crippen LogP contribution in [-0.2, 0) is 150 Å². The molecule has 0 bridgehead atoms. The zero-order valence-corrected chi connectivity index (χ0v) is 80.9. The van der Waals surface area contributed by atoms with Crippen molar-refractivity contribution in [3.05, 3.63) is 35.9 Å². The minimum absolute atomic E-state index is 0.0107. The van der Waals surface area contributed by atoms with E-state index in [9.17, 15) is 145 Å². The average molecular weight is 2040 g/mol. The Hall–Kier alpha value is -14.2. The van der Waals surface area contributed by atoms with Gasteiger partial charge in [-0.1, -0.05) is 44.2 Å². The molecular weight excluding hydrogens is 1910 g/mol. The van der Waals surface area contributed by atoms with E-state index in [2.05, 4.69) is 85.1 Å². The van der Waals surface area contributed by atoms with Crippen molar-refractivity contribution >= 4 is 149 Å². The molecule has 0 saturated heterocycles. The fourth-order valence-electron chi connectivity index (χ4n) is 12.5. The number of aliphatic carboxylic acids is 7. The summed E-state index contributed by atoms with van der Waals surface area (Å²) >= 11 is 0.